The highest BCUT2D eigenvalue weighted by molar-refractivity contribution is 6.09. The van der Waals surface area contributed by atoms with Crippen molar-refractivity contribution in [3.05, 3.63) is 76.5 Å². The third-order valence-electron chi connectivity index (χ3n) is 3.80. The average molecular weight is 323 g/mol. The van der Waals surface area contributed by atoms with Gasteiger partial charge in [0.2, 0.25) is 0 Å². The molecule has 0 aliphatic rings. The summed E-state index contributed by atoms with van der Waals surface area (Å²) < 4.78 is 4.77. The predicted molar refractivity (Wildman–Crippen MR) is 95.1 cm³/mol. The van der Waals surface area contributed by atoms with Gasteiger partial charge in [0.1, 0.15) is 5.70 Å². The molecule has 2 aromatic rings. The minimum Gasteiger partial charge on any atom is -0.464 e. The summed E-state index contributed by atoms with van der Waals surface area (Å²) in [5, 5.41) is 2.98. The molecule has 0 fully saturated rings. The van der Waals surface area contributed by atoms with Gasteiger partial charge < -0.3 is 10.1 Å². The van der Waals surface area contributed by atoms with E-state index < -0.39 is 5.97 Å². The fourth-order valence-corrected chi connectivity index (χ4v) is 2.16. The van der Waals surface area contributed by atoms with Crippen LogP contribution in [0.2, 0.25) is 0 Å². The zero-order valence-corrected chi connectivity index (χ0v) is 14.3. The largest absolute Gasteiger partial charge is 0.464 e. The lowest BCUT2D eigenvalue weighted by atomic mass is 10.1. The Morgan fingerprint density at radius 3 is 2.21 bits per heavy atom. The van der Waals surface area contributed by atoms with Crippen LogP contribution in [0.1, 0.15) is 27.0 Å². The van der Waals surface area contributed by atoms with Crippen LogP contribution in [0, 0.1) is 20.8 Å². The van der Waals surface area contributed by atoms with Gasteiger partial charge in [-0.3, -0.25) is 4.79 Å². The maximum absolute atomic E-state index is 12.4. The number of rotatable bonds is 5. The molecule has 0 amide bonds. The van der Waals surface area contributed by atoms with Crippen molar-refractivity contribution in [3.63, 3.8) is 0 Å². The molecule has 124 valence electrons. The average Bonchev–Trinajstić information content (AvgIpc) is 2.57. The van der Waals surface area contributed by atoms with Gasteiger partial charge in [-0.25, -0.2) is 4.79 Å². The summed E-state index contributed by atoms with van der Waals surface area (Å²) in [7, 11) is 1.29. The van der Waals surface area contributed by atoms with Crippen LogP contribution in [0.3, 0.4) is 0 Å². The molecule has 0 aromatic heterocycles. The van der Waals surface area contributed by atoms with Crippen LogP contribution in [0.25, 0.3) is 0 Å². The van der Waals surface area contributed by atoms with Gasteiger partial charge in [-0.2, -0.15) is 0 Å². The summed E-state index contributed by atoms with van der Waals surface area (Å²) in [6.45, 7) is 5.95. The molecule has 0 spiro atoms. The number of aryl methyl sites for hydroxylation is 3. The van der Waals surface area contributed by atoms with E-state index in [9.17, 15) is 9.59 Å². The molecule has 0 bridgehead atoms. The van der Waals surface area contributed by atoms with Gasteiger partial charge in [-0.1, -0.05) is 35.9 Å². The van der Waals surface area contributed by atoms with Crippen molar-refractivity contribution in [2.24, 2.45) is 0 Å². The second-order valence-electron chi connectivity index (χ2n) is 5.70. The van der Waals surface area contributed by atoms with Gasteiger partial charge in [0.25, 0.3) is 0 Å². The first-order valence-corrected chi connectivity index (χ1v) is 7.66. The van der Waals surface area contributed by atoms with Crippen LogP contribution in [0.15, 0.2) is 54.2 Å². The van der Waals surface area contributed by atoms with Crippen molar-refractivity contribution >= 4 is 17.4 Å². The number of ether oxygens (including phenoxy) is 1. The molecule has 0 saturated heterocycles. The van der Waals surface area contributed by atoms with Crippen molar-refractivity contribution < 1.29 is 14.3 Å². The van der Waals surface area contributed by atoms with Gasteiger partial charge in [0, 0.05) is 17.3 Å². The van der Waals surface area contributed by atoms with Crippen molar-refractivity contribution in [3.8, 4) is 0 Å². The zero-order valence-electron chi connectivity index (χ0n) is 14.3. The van der Waals surface area contributed by atoms with E-state index >= 15 is 0 Å². The number of hydrogen-bond acceptors (Lipinski definition) is 4. The Morgan fingerprint density at radius 1 is 0.958 bits per heavy atom. The van der Waals surface area contributed by atoms with Crippen molar-refractivity contribution in [1.82, 2.24) is 0 Å². The first-order chi connectivity index (χ1) is 11.4. The molecule has 0 unspecified atom stereocenters. The number of benzene rings is 2. The van der Waals surface area contributed by atoms with E-state index in [1.807, 2.05) is 51.1 Å². The Morgan fingerprint density at radius 2 is 1.62 bits per heavy atom. The highest BCUT2D eigenvalue weighted by Crippen LogP contribution is 2.17. The van der Waals surface area contributed by atoms with E-state index in [1.165, 1.54) is 13.2 Å². The Kier molecular flexibility index (Phi) is 5.53. The molecule has 2 rings (SSSR count). The molecule has 1 N–H and O–H groups in total. The number of nitrogens with one attached hydrogen (secondary N) is 1. The number of allylic oxidation sites excluding steroid dienone is 1. The summed E-state index contributed by atoms with van der Waals surface area (Å²) in [5.41, 5.74) is 4.66. The van der Waals surface area contributed by atoms with E-state index in [4.69, 9.17) is 4.74 Å². The molecular formula is C20H21NO3. The lowest BCUT2D eigenvalue weighted by molar-refractivity contribution is -0.135. The lowest BCUT2D eigenvalue weighted by Crippen LogP contribution is -2.15. The predicted octanol–water partition coefficient (Wildman–Crippen LogP) is 3.96. The topological polar surface area (TPSA) is 55.4 Å². The first kappa shape index (κ1) is 17.5. The molecule has 2 aromatic carbocycles. The van der Waals surface area contributed by atoms with E-state index in [0.717, 1.165) is 22.4 Å². The number of esters is 1. The smallest absolute Gasteiger partial charge is 0.354 e. The Labute approximate surface area is 142 Å². The van der Waals surface area contributed by atoms with Crippen LogP contribution >= 0.6 is 0 Å². The Bertz CT molecular complexity index is 789. The highest BCUT2D eigenvalue weighted by atomic mass is 16.5. The quantitative estimate of drug-likeness (QED) is 0.514. The van der Waals surface area contributed by atoms with E-state index in [1.54, 1.807) is 12.1 Å². The van der Waals surface area contributed by atoms with Gasteiger partial charge in [-0.15, -0.1) is 0 Å². The van der Waals surface area contributed by atoms with E-state index in [0.29, 0.717) is 5.56 Å². The number of carbonyl (C=O) groups excluding carboxylic acids is 2. The monoisotopic (exact) mass is 323 g/mol. The Balaban J connectivity index is 2.30. The molecule has 0 heterocycles. The van der Waals surface area contributed by atoms with Crippen LogP contribution < -0.4 is 5.32 Å². The van der Waals surface area contributed by atoms with Crippen LogP contribution in [-0.2, 0) is 9.53 Å². The SMILES string of the molecule is COC(=O)/C(=C/C(=O)c1ccc(C)cc1)Nc1ccc(C)c(C)c1. The third kappa shape index (κ3) is 4.32. The molecule has 4 nitrogen and oxygen atoms in total. The van der Waals surface area contributed by atoms with Crippen molar-refractivity contribution in [1.29, 1.82) is 0 Å². The summed E-state index contributed by atoms with van der Waals surface area (Å²) in [4.78, 5) is 24.4. The fourth-order valence-electron chi connectivity index (χ4n) is 2.16. The second kappa shape index (κ2) is 7.59. The second-order valence-corrected chi connectivity index (χ2v) is 5.70. The number of anilines is 1. The minimum absolute atomic E-state index is 0.103. The Hall–Kier alpha value is -2.88. The standard InChI is InChI=1S/C20H21NO3/c1-13-5-8-16(9-6-13)19(22)12-18(20(23)24-4)21-17-10-7-14(2)15(3)11-17/h5-12,21H,1-4H3/b18-12-. The first-order valence-electron chi connectivity index (χ1n) is 7.66. The number of ketones is 1. The van der Waals surface area contributed by atoms with Crippen LogP contribution in [0.5, 0.6) is 0 Å². The summed E-state index contributed by atoms with van der Waals surface area (Å²) in [6, 6.07) is 12.9. The molecule has 0 aliphatic carbocycles. The van der Waals surface area contributed by atoms with Crippen LogP contribution in [-0.4, -0.2) is 18.9 Å². The van der Waals surface area contributed by atoms with Gasteiger partial charge in [0.15, 0.2) is 5.78 Å². The zero-order chi connectivity index (χ0) is 17.7. The number of methoxy groups -OCH3 is 1. The molecule has 0 atom stereocenters. The van der Waals surface area contributed by atoms with Gasteiger partial charge in [-0.05, 0) is 44.0 Å². The van der Waals surface area contributed by atoms with Crippen molar-refractivity contribution in [2.75, 3.05) is 12.4 Å². The van der Waals surface area contributed by atoms with Gasteiger partial charge >= 0.3 is 5.97 Å². The minimum atomic E-state index is -0.589. The molecular weight excluding hydrogens is 302 g/mol. The van der Waals surface area contributed by atoms with Gasteiger partial charge in [0.05, 0.1) is 7.11 Å². The molecule has 0 radical (unpaired) electrons. The maximum atomic E-state index is 12.4. The summed E-state index contributed by atoms with van der Waals surface area (Å²) >= 11 is 0. The number of carbonyl (C=O) groups is 2. The van der Waals surface area contributed by atoms with Crippen LogP contribution in [0.4, 0.5) is 5.69 Å². The lowest BCUT2D eigenvalue weighted by Gasteiger charge is -2.11. The third-order valence-corrected chi connectivity index (χ3v) is 3.80. The highest BCUT2D eigenvalue weighted by Gasteiger charge is 2.13. The molecule has 0 saturated carbocycles. The summed E-state index contributed by atoms with van der Waals surface area (Å²) in [5.74, 6) is -0.847. The molecule has 24 heavy (non-hydrogen) atoms. The summed E-state index contributed by atoms with van der Waals surface area (Å²) in [6.07, 6.45) is 1.27. The fraction of sp³-hybridized carbons (Fsp3) is 0.200. The van der Waals surface area contributed by atoms with E-state index in [-0.39, 0.29) is 11.5 Å². The van der Waals surface area contributed by atoms with E-state index in [2.05, 4.69) is 5.32 Å². The van der Waals surface area contributed by atoms with Crippen molar-refractivity contribution in [2.45, 2.75) is 20.8 Å². The number of hydrogen-bond donors (Lipinski definition) is 1. The normalized spacial score (nSPS) is 11.1. The maximum Gasteiger partial charge on any atom is 0.354 e. The molecule has 0 aliphatic heterocycles. The molecule has 4 heteroatoms.